The molecule has 0 fully saturated rings. The van der Waals surface area contributed by atoms with Crippen LogP contribution in [0.15, 0.2) is 23.1 Å². The SMILES string of the molecule is CCCNCc1cc(C)ccc1SC(C)CCO. The van der Waals surface area contributed by atoms with Crippen molar-refractivity contribution >= 4 is 11.8 Å². The fourth-order valence-corrected chi connectivity index (χ4v) is 2.90. The molecular formula is C15H25NOS. The van der Waals surface area contributed by atoms with Crippen LogP contribution in [0.25, 0.3) is 0 Å². The molecule has 1 aromatic rings. The zero-order valence-electron chi connectivity index (χ0n) is 11.7. The summed E-state index contributed by atoms with van der Waals surface area (Å²) in [6.07, 6.45) is 2.01. The standard InChI is InChI=1S/C15H25NOS/c1-4-8-16-11-14-10-12(2)5-6-15(14)18-13(3)7-9-17/h5-6,10,13,16-17H,4,7-9,11H2,1-3H3. The third kappa shape index (κ3) is 5.42. The van der Waals surface area contributed by atoms with Gasteiger partial charge in [0.2, 0.25) is 0 Å². The molecule has 3 heteroatoms. The van der Waals surface area contributed by atoms with Crippen molar-refractivity contribution in [2.45, 2.75) is 50.3 Å². The van der Waals surface area contributed by atoms with E-state index in [0.29, 0.717) is 5.25 Å². The Labute approximate surface area is 115 Å². The van der Waals surface area contributed by atoms with Gasteiger partial charge in [-0.1, -0.05) is 31.5 Å². The fourth-order valence-electron chi connectivity index (χ4n) is 1.82. The number of rotatable bonds is 8. The molecule has 102 valence electrons. The number of benzene rings is 1. The first-order valence-electron chi connectivity index (χ1n) is 6.75. The molecule has 2 nitrogen and oxygen atoms in total. The van der Waals surface area contributed by atoms with Gasteiger partial charge in [-0.25, -0.2) is 0 Å². The summed E-state index contributed by atoms with van der Waals surface area (Å²) < 4.78 is 0. The Morgan fingerprint density at radius 3 is 2.83 bits per heavy atom. The van der Waals surface area contributed by atoms with E-state index < -0.39 is 0 Å². The minimum atomic E-state index is 0.267. The Balaban J connectivity index is 2.69. The normalized spacial score (nSPS) is 12.7. The van der Waals surface area contributed by atoms with E-state index in [1.54, 1.807) is 0 Å². The van der Waals surface area contributed by atoms with Crippen molar-refractivity contribution in [2.75, 3.05) is 13.2 Å². The van der Waals surface area contributed by atoms with Crippen LogP contribution in [-0.2, 0) is 6.54 Å². The average Bonchev–Trinajstić information content (AvgIpc) is 2.33. The number of hydrogen-bond acceptors (Lipinski definition) is 3. The lowest BCUT2D eigenvalue weighted by atomic mass is 10.1. The van der Waals surface area contributed by atoms with Crippen molar-refractivity contribution in [2.24, 2.45) is 0 Å². The van der Waals surface area contributed by atoms with Gasteiger partial charge in [0, 0.05) is 23.3 Å². The molecule has 0 aliphatic rings. The summed E-state index contributed by atoms with van der Waals surface area (Å²) in [7, 11) is 0. The van der Waals surface area contributed by atoms with Crippen molar-refractivity contribution in [3.8, 4) is 0 Å². The quantitative estimate of drug-likeness (QED) is 0.559. The Kier molecular flexibility index (Phi) is 7.40. The first-order chi connectivity index (χ1) is 8.67. The number of aryl methyl sites for hydroxylation is 1. The van der Waals surface area contributed by atoms with Crippen molar-refractivity contribution < 1.29 is 5.11 Å². The van der Waals surface area contributed by atoms with Gasteiger partial charge in [-0.3, -0.25) is 0 Å². The number of hydrogen-bond donors (Lipinski definition) is 2. The molecule has 1 rings (SSSR count). The molecule has 0 aliphatic heterocycles. The predicted octanol–water partition coefficient (Wildman–Crippen LogP) is 3.36. The van der Waals surface area contributed by atoms with Crippen LogP contribution < -0.4 is 5.32 Å². The molecule has 0 aromatic heterocycles. The van der Waals surface area contributed by atoms with Crippen LogP contribution in [0.4, 0.5) is 0 Å². The zero-order valence-corrected chi connectivity index (χ0v) is 12.5. The zero-order chi connectivity index (χ0) is 13.4. The summed E-state index contributed by atoms with van der Waals surface area (Å²) in [5.41, 5.74) is 2.68. The Hall–Kier alpha value is -0.510. The van der Waals surface area contributed by atoms with Crippen molar-refractivity contribution in [1.29, 1.82) is 0 Å². The highest BCUT2D eigenvalue weighted by molar-refractivity contribution is 8.00. The van der Waals surface area contributed by atoms with Crippen LogP contribution in [0.5, 0.6) is 0 Å². The molecule has 1 atom stereocenters. The smallest absolute Gasteiger partial charge is 0.0441 e. The summed E-state index contributed by atoms with van der Waals surface area (Å²) in [5, 5.41) is 12.9. The van der Waals surface area contributed by atoms with E-state index in [4.69, 9.17) is 5.11 Å². The lowest BCUT2D eigenvalue weighted by molar-refractivity contribution is 0.289. The van der Waals surface area contributed by atoms with Gasteiger partial charge < -0.3 is 10.4 Å². The molecule has 0 bridgehead atoms. The Bertz CT molecular complexity index is 354. The molecule has 1 aromatic carbocycles. The third-order valence-electron chi connectivity index (χ3n) is 2.82. The van der Waals surface area contributed by atoms with Crippen molar-refractivity contribution in [1.82, 2.24) is 5.32 Å². The fraction of sp³-hybridized carbons (Fsp3) is 0.600. The second-order valence-electron chi connectivity index (χ2n) is 4.73. The molecule has 0 heterocycles. The van der Waals surface area contributed by atoms with E-state index >= 15 is 0 Å². The summed E-state index contributed by atoms with van der Waals surface area (Å²) in [4.78, 5) is 1.34. The average molecular weight is 267 g/mol. The largest absolute Gasteiger partial charge is 0.396 e. The van der Waals surface area contributed by atoms with Crippen LogP contribution in [0, 0.1) is 6.92 Å². The third-order valence-corrected chi connectivity index (χ3v) is 4.11. The maximum Gasteiger partial charge on any atom is 0.0441 e. The van der Waals surface area contributed by atoms with Crippen LogP contribution >= 0.6 is 11.8 Å². The van der Waals surface area contributed by atoms with Crippen molar-refractivity contribution in [3.63, 3.8) is 0 Å². The van der Waals surface area contributed by atoms with Crippen LogP contribution in [0.2, 0.25) is 0 Å². The highest BCUT2D eigenvalue weighted by Gasteiger charge is 2.08. The minimum absolute atomic E-state index is 0.267. The minimum Gasteiger partial charge on any atom is -0.396 e. The van der Waals surface area contributed by atoms with Gasteiger partial charge in [0.25, 0.3) is 0 Å². The number of aliphatic hydroxyl groups is 1. The van der Waals surface area contributed by atoms with Gasteiger partial charge in [0.1, 0.15) is 0 Å². The molecule has 0 saturated heterocycles. The second-order valence-corrected chi connectivity index (χ2v) is 6.21. The van der Waals surface area contributed by atoms with Gasteiger partial charge in [-0.2, -0.15) is 0 Å². The molecule has 0 radical (unpaired) electrons. The summed E-state index contributed by atoms with van der Waals surface area (Å²) in [6.45, 7) is 8.75. The maximum absolute atomic E-state index is 8.98. The first kappa shape index (κ1) is 15.5. The van der Waals surface area contributed by atoms with Crippen LogP contribution in [0.3, 0.4) is 0 Å². The molecule has 0 spiro atoms. The van der Waals surface area contributed by atoms with Gasteiger partial charge in [0.15, 0.2) is 0 Å². The molecule has 0 aliphatic carbocycles. The predicted molar refractivity (Wildman–Crippen MR) is 80.2 cm³/mol. The Morgan fingerprint density at radius 2 is 2.17 bits per heavy atom. The van der Waals surface area contributed by atoms with E-state index in [0.717, 1.165) is 25.9 Å². The van der Waals surface area contributed by atoms with Crippen LogP contribution in [-0.4, -0.2) is 23.5 Å². The number of thioether (sulfide) groups is 1. The van der Waals surface area contributed by atoms with E-state index in [2.05, 4.69) is 44.3 Å². The monoisotopic (exact) mass is 267 g/mol. The first-order valence-corrected chi connectivity index (χ1v) is 7.63. The lowest BCUT2D eigenvalue weighted by Crippen LogP contribution is -2.14. The van der Waals surface area contributed by atoms with Crippen molar-refractivity contribution in [3.05, 3.63) is 29.3 Å². The second kappa shape index (κ2) is 8.57. The van der Waals surface area contributed by atoms with E-state index in [1.165, 1.54) is 16.0 Å². The maximum atomic E-state index is 8.98. The number of aliphatic hydroxyl groups excluding tert-OH is 1. The molecule has 18 heavy (non-hydrogen) atoms. The molecule has 2 N–H and O–H groups in total. The van der Waals surface area contributed by atoms with Gasteiger partial charge in [-0.15, -0.1) is 11.8 Å². The molecule has 0 amide bonds. The van der Waals surface area contributed by atoms with E-state index in [9.17, 15) is 0 Å². The molecular weight excluding hydrogens is 242 g/mol. The van der Waals surface area contributed by atoms with E-state index in [1.807, 2.05) is 11.8 Å². The van der Waals surface area contributed by atoms with E-state index in [-0.39, 0.29) is 6.61 Å². The van der Waals surface area contributed by atoms with Crippen LogP contribution in [0.1, 0.15) is 37.8 Å². The summed E-state index contributed by atoms with van der Waals surface area (Å²) in [5.74, 6) is 0. The van der Waals surface area contributed by atoms with Gasteiger partial charge in [0.05, 0.1) is 0 Å². The molecule has 1 unspecified atom stereocenters. The highest BCUT2D eigenvalue weighted by Crippen LogP contribution is 2.29. The highest BCUT2D eigenvalue weighted by atomic mass is 32.2. The number of nitrogens with one attached hydrogen (secondary N) is 1. The van der Waals surface area contributed by atoms with Gasteiger partial charge >= 0.3 is 0 Å². The lowest BCUT2D eigenvalue weighted by Gasteiger charge is -2.15. The summed E-state index contributed by atoms with van der Waals surface area (Å²) >= 11 is 1.86. The van der Waals surface area contributed by atoms with Gasteiger partial charge in [-0.05, 0) is 37.9 Å². The molecule has 0 saturated carbocycles. The Morgan fingerprint density at radius 1 is 1.39 bits per heavy atom. The topological polar surface area (TPSA) is 32.3 Å². The summed E-state index contributed by atoms with van der Waals surface area (Å²) in [6, 6.07) is 6.63.